The summed E-state index contributed by atoms with van der Waals surface area (Å²) in [5.74, 6) is 1.00. The molecule has 0 aromatic rings. The highest BCUT2D eigenvalue weighted by Crippen LogP contribution is 2.05. The van der Waals surface area contributed by atoms with Crippen LogP contribution < -0.4 is 5.73 Å². The van der Waals surface area contributed by atoms with Crippen LogP contribution in [0.3, 0.4) is 0 Å². The van der Waals surface area contributed by atoms with E-state index in [1.807, 2.05) is 0 Å². The van der Waals surface area contributed by atoms with Crippen LogP contribution in [0.5, 0.6) is 0 Å². The van der Waals surface area contributed by atoms with Crippen LogP contribution in [0.1, 0.15) is 27.2 Å². The van der Waals surface area contributed by atoms with Gasteiger partial charge in [-0.25, -0.2) is 0 Å². The minimum absolute atomic E-state index is 0.0310. The normalized spacial score (nSPS) is 15.2. The molecule has 12 heavy (non-hydrogen) atoms. The van der Waals surface area contributed by atoms with E-state index in [1.54, 1.807) is 7.11 Å². The SMILES string of the molecule is CCCN=C(N)C(OC)C(C)C. The van der Waals surface area contributed by atoms with Crippen molar-refractivity contribution in [3.05, 3.63) is 0 Å². The number of hydrogen-bond acceptors (Lipinski definition) is 2. The highest BCUT2D eigenvalue weighted by molar-refractivity contribution is 5.85. The fourth-order valence-corrected chi connectivity index (χ4v) is 1.07. The van der Waals surface area contributed by atoms with E-state index in [0.29, 0.717) is 11.8 Å². The maximum absolute atomic E-state index is 5.74. The van der Waals surface area contributed by atoms with E-state index < -0.39 is 0 Å². The second-order valence-electron chi connectivity index (χ2n) is 3.21. The van der Waals surface area contributed by atoms with Crippen LogP contribution in [0.2, 0.25) is 0 Å². The Hall–Kier alpha value is -0.570. The maximum Gasteiger partial charge on any atom is 0.123 e. The lowest BCUT2D eigenvalue weighted by Crippen LogP contribution is -2.35. The number of methoxy groups -OCH3 is 1. The molecule has 3 nitrogen and oxygen atoms in total. The van der Waals surface area contributed by atoms with Crippen LogP contribution in [-0.2, 0) is 4.74 Å². The van der Waals surface area contributed by atoms with Crippen molar-refractivity contribution in [2.24, 2.45) is 16.6 Å². The van der Waals surface area contributed by atoms with Gasteiger partial charge in [0.15, 0.2) is 0 Å². The average molecular weight is 172 g/mol. The molecule has 0 aliphatic rings. The largest absolute Gasteiger partial charge is 0.385 e. The molecule has 0 aromatic carbocycles. The third-order valence-electron chi connectivity index (χ3n) is 1.67. The molecule has 0 radical (unpaired) electrons. The van der Waals surface area contributed by atoms with Crippen LogP contribution >= 0.6 is 0 Å². The van der Waals surface area contributed by atoms with Gasteiger partial charge in [0.05, 0.1) is 0 Å². The molecule has 0 saturated heterocycles. The summed E-state index contributed by atoms with van der Waals surface area (Å²) in [6.45, 7) is 7.01. The Morgan fingerprint density at radius 2 is 2.08 bits per heavy atom. The third kappa shape index (κ3) is 3.72. The van der Waals surface area contributed by atoms with Crippen molar-refractivity contribution in [2.75, 3.05) is 13.7 Å². The Kier molecular flexibility index (Phi) is 5.72. The van der Waals surface area contributed by atoms with Gasteiger partial charge in [0.25, 0.3) is 0 Å². The van der Waals surface area contributed by atoms with Crippen LogP contribution in [0, 0.1) is 5.92 Å². The minimum Gasteiger partial charge on any atom is -0.385 e. The molecule has 1 unspecified atom stereocenters. The first-order valence-electron chi connectivity index (χ1n) is 4.46. The average Bonchev–Trinajstić information content (AvgIpc) is 2.01. The molecule has 0 aliphatic carbocycles. The van der Waals surface area contributed by atoms with Gasteiger partial charge in [-0.2, -0.15) is 0 Å². The Morgan fingerprint density at radius 3 is 2.42 bits per heavy atom. The number of amidine groups is 1. The zero-order valence-corrected chi connectivity index (χ0v) is 8.50. The molecule has 2 N–H and O–H groups in total. The van der Waals surface area contributed by atoms with Crippen molar-refractivity contribution in [1.82, 2.24) is 0 Å². The number of nitrogens with zero attached hydrogens (tertiary/aromatic N) is 1. The monoisotopic (exact) mass is 172 g/mol. The molecule has 0 aromatic heterocycles. The summed E-state index contributed by atoms with van der Waals surface area (Å²) in [5, 5.41) is 0. The highest BCUT2D eigenvalue weighted by atomic mass is 16.5. The van der Waals surface area contributed by atoms with Gasteiger partial charge in [0.1, 0.15) is 11.9 Å². The van der Waals surface area contributed by atoms with Gasteiger partial charge in [-0.15, -0.1) is 0 Å². The molecule has 0 bridgehead atoms. The Morgan fingerprint density at radius 1 is 1.50 bits per heavy atom. The van der Waals surface area contributed by atoms with Crippen molar-refractivity contribution in [3.8, 4) is 0 Å². The molecule has 3 heteroatoms. The van der Waals surface area contributed by atoms with E-state index in [1.165, 1.54) is 0 Å². The molecule has 0 saturated carbocycles. The van der Waals surface area contributed by atoms with Crippen molar-refractivity contribution < 1.29 is 4.74 Å². The number of ether oxygens (including phenoxy) is 1. The lowest BCUT2D eigenvalue weighted by atomic mass is 10.1. The summed E-state index contributed by atoms with van der Waals surface area (Å²) in [7, 11) is 1.67. The number of rotatable bonds is 5. The van der Waals surface area contributed by atoms with E-state index >= 15 is 0 Å². The van der Waals surface area contributed by atoms with E-state index in [-0.39, 0.29) is 6.10 Å². The standard InChI is InChI=1S/C9H20N2O/c1-5-6-11-9(10)8(12-4)7(2)3/h7-8H,5-6H2,1-4H3,(H2,10,11). The smallest absolute Gasteiger partial charge is 0.123 e. The number of aliphatic imine (C=N–C) groups is 1. The van der Waals surface area contributed by atoms with E-state index in [2.05, 4.69) is 25.8 Å². The van der Waals surface area contributed by atoms with Crippen LogP contribution in [0.25, 0.3) is 0 Å². The predicted molar refractivity (Wildman–Crippen MR) is 52.4 cm³/mol. The second kappa shape index (κ2) is 6.00. The van der Waals surface area contributed by atoms with Gasteiger partial charge in [-0.1, -0.05) is 20.8 Å². The van der Waals surface area contributed by atoms with E-state index in [9.17, 15) is 0 Å². The summed E-state index contributed by atoms with van der Waals surface area (Å²) in [6.07, 6.45) is 0.992. The van der Waals surface area contributed by atoms with Crippen LogP contribution in [-0.4, -0.2) is 25.6 Å². The van der Waals surface area contributed by atoms with Crippen molar-refractivity contribution in [1.29, 1.82) is 0 Å². The summed E-state index contributed by atoms with van der Waals surface area (Å²) < 4.78 is 5.21. The van der Waals surface area contributed by atoms with E-state index in [4.69, 9.17) is 10.5 Å². The first-order valence-corrected chi connectivity index (χ1v) is 4.46. The zero-order valence-electron chi connectivity index (χ0n) is 8.50. The molecule has 0 fully saturated rings. The minimum atomic E-state index is -0.0310. The Labute approximate surface area is 75.0 Å². The molecule has 0 amide bonds. The van der Waals surface area contributed by atoms with Gasteiger partial charge in [-0.3, -0.25) is 4.99 Å². The van der Waals surface area contributed by atoms with Gasteiger partial charge >= 0.3 is 0 Å². The quantitative estimate of drug-likeness (QED) is 0.503. The fraction of sp³-hybridized carbons (Fsp3) is 0.889. The first kappa shape index (κ1) is 11.4. The van der Waals surface area contributed by atoms with Gasteiger partial charge < -0.3 is 10.5 Å². The topological polar surface area (TPSA) is 47.6 Å². The maximum atomic E-state index is 5.74. The first-order chi connectivity index (χ1) is 5.63. The second-order valence-corrected chi connectivity index (χ2v) is 3.21. The molecular weight excluding hydrogens is 152 g/mol. The number of nitrogens with two attached hydrogens (primary N) is 1. The van der Waals surface area contributed by atoms with Gasteiger partial charge in [0.2, 0.25) is 0 Å². The molecule has 0 heterocycles. The van der Waals surface area contributed by atoms with Gasteiger partial charge in [0, 0.05) is 13.7 Å². The van der Waals surface area contributed by atoms with Gasteiger partial charge in [-0.05, 0) is 12.3 Å². The summed E-state index contributed by atoms with van der Waals surface area (Å²) in [5.41, 5.74) is 5.74. The lowest BCUT2D eigenvalue weighted by molar-refractivity contribution is 0.117. The number of hydrogen-bond donors (Lipinski definition) is 1. The summed E-state index contributed by atoms with van der Waals surface area (Å²) in [6, 6.07) is 0. The van der Waals surface area contributed by atoms with Crippen molar-refractivity contribution >= 4 is 5.84 Å². The molecular formula is C9H20N2O. The van der Waals surface area contributed by atoms with E-state index in [0.717, 1.165) is 13.0 Å². The zero-order chi connectivity index (χ0) is 9.56. The Bertz CT molecular complexity index is 143. The fourth-order valence-electron chi connectivity index (χ4n) is 1.07. The Balaban J connectivity index is 4.10. The molecule has 0 aliphatic heterocycles. The van der Waals surface area contributed by atoms with Crippen molar-refractivity contribution in [2.45, 2.75) is 33.3 Å². The lowest BCUT2D eigenvalue weighted by Gasteiger charge is -2.18. The highest BCUT2D eigenvalue weighted by Gasteiger charge is 2.15. The molecule has 1 atom stereocenters. The summed E-state index contributed by atoms with van der Waals surface area (Å²) >= 11 is 0. The molecule has 0 rings (SSSR count). The molecule has 72 valence electrons. The van der Waals surface area contributed by atoms with Crippen LogP contribution in [0.4, 0.5) is 0 Å². The summed E-state index contributed by atoms with van der Waals surface area (Å²) in [4.78, 5) is 4.20. The molecule has 0 spiro atoms. The third-order valence-corrected chi connectivity index (χ3v) is 1.67. The van der Waals surface area contributed by atoms with Crippen LogP contribution in [0.15, 0.2) is 4.99 Å². The predicted octanol–water partition coefficient (Wildman–Crippen LogP) is 1.42. The van der Waals surface area contributed by atoms with Crippen molar-refractivity contribution in [3.63, 3.8) is 0 Å².